The Bertz CT molecular complexity index is 530. The minimum absolute atomic E-state index is 0.0821. The van der Waals surface area contributed by atoms with Gasteiger partial charge in [0.05, 0.1) is 9.07 Å². The SMILES string of the molecule is CC(CSC(=S)c1cccs1)C(=O)N1CCC[C@H]1C(=O)O. The summed E-state index contributed by atoms with van der Waals surface area (Å²) in [4.78, 5) is 26.1. The second-order valence-corrected chi connectivity index (χ2v) is 7.65. The number of aliphatic carboxylic acids is 1. The standard InChI is InChI=1S/C14H17NO3S3/c1-9(8-21-14(19)11-5-3-7-20-11)12(16)15-6-2-4-10(15)13(17)18/h3,5,7,9-10H,2,4,6,8H2,1H3,(H,17,18)/t9?,10-/m0/s1. The van der Waals surface area contributed by atoms with Crippen LogP contribution in [0.5, 0.6) is 0 Å². The van der Waals surface area contributed by atoms with E-state index in [1.54, 1.807) is 11.3 Å². The molecule has 7 heteroatoms. The molecule has 1 aromatic heterocycles. The monoisotopic (exact) mass is 343 g/mol. The summed E-state index contributed by atoms with van der Waals surface area (Å²) in [5.41, 5.74) is 0. The lowest BCUT2D eigenvalue weighted by Gasteiger charge is -2.24. The molecule has 0 radical (unpaired) electrons. The van der Waals surface area contributed by atoms with E-state index in [1.165, 1.54) is 16.7 Å². The molecular weight excluding hydrogens is 326 g/mol. The van der Waals surface area contributed by atoms with Crippen LogP contribution < -0.4 is 0 Å². The highest BCUT2D eigenvalue weighted by molar-refractivity contribution is 8.24. The summed E-state index contributed by atoms with van der Waals surface area (Å²) in [5, 5.41) is 11.1. The van der Waals surface area contributed by atoms with Crippen molar-refractivity contribution in [2.75, 3.05) is 12.3 Å². The zero-order chi connectivity index (χ0) is 15.4. The zero-order valence-electron chi connectivity index (χ0n) is 11.7. The first kappa shape index (κ1) is 16.5. The lowest BCUT2D eigenvalue weighted by atomic mass is 10.1. The first-order valence-electron chi connectivity index (χ1n) is 6.74. The van der Waals surface area contributed by atoms with E-state index in [9.17, 15) is 9.59 Å². The van der Waals surface area contributed by atoms with Gasteiger partial charge in [-0.25, -0.2) is 4.79 Å². The molecule has 21 heavy (non-hydrogen) atoms. The number of amides is 1. The maximum Gasteiger partial charge on any atom is 0.326 e. The molecule has 1 unspecified atom stereocenters. The first-order valence-corrected chi connectivity index (χ1v) is 9.02. The third kappa shape index (κ3) is 4.05. The van der Waals surface area contributed by atoms with Crippen LogP contribution in [-0.4, -0.2) is 44.4 Å². The van der Waals surface area contributed by atoms with Crippen LogP contribution in [0.25, 0.3) is 0 Å². The molecule has 1 aliphatic heterocycles. The van der Waals surface area contributed by atoms with E-state index in [2.05, 4.69) is 0 Å². The summed E-state index contributed by atoms with van der Waals surface area (Å²) >= 11 is 8.40. The Hall–Kier alpha value is -0.920. The molecule has 2 rings (SSSR count). The molecular formula is C14H17NO3S3. The molecule has 0 aliphatic carbocycles. The van der Waals surface area contributed by atoms with Crippen LogP contribution in [0, 0.1) is 5.92 Å². The Balaban J connectivity index is 1.88. The van der Waals surface area contributed by atoms with Crippen molar-refractivity contribution in [3.63, 3.8) is 0 Å². The fourth-order valence-corrected chi connectivity index (χ4v) is 4.36. The third-order valence-corrected chi connectivity index (χ3v) is 6.30. The predicted molar refractivity (Wildman–Crippen MR) is 90.0 cm³/mol. The lowest BCUT2D eigenvalue weighted by molar-refractivity contribution is -0.149. The highest BCUT2D eigenvalue weighted by Gasteiger charge is 2.35. The van der Waals surface area contributed by atoms with E-state index in [4.69, 9.17) is 17.3 Å². The van der Waals surface area contributed by atoms with E-state index in [-0.39, 0.29) is 11.8 Å². The van der Waals surface area contributed by atoms with Gasteiger partial charge in [-0.1, -0.05) is 25.2 Å². The van der Waals surface area contributed by atoms with Crippen LogP contribution in [0.3, 0.4) is 0 Å². The topological polar surface area (TPSA) is 57.6 Å². The highest BCUT2D eigenvalue weighted by atomic mass is 32.2. The first-order chi connectivity index (χ1) is 10.0. The van der Waals surface area contributed by atoms with Gasteiger partial charge in [-0.3, -0.25) is 4.79 Å². The maximum absolute atomic E-state index is 12.4. The summed E-state index contributed by atoms with van der Waals surface area (Å²) < 4.78 is 0.792. The number of carbonyl (C=O) groups excluding carboxylic acids is 1. The van der Waals surface area contributed by atoms with E-state index in [1.807, 2.05) is 24.4 Å². The van der Waals surface area contributed by atoms with Crippen molar-refractivity contribution in [2.45, 2.75) is 25.8 Å². The van der Waals surface area contributed by atoms with Crippen LogP contribution in [0.1, 0.15) is 24.6 Å². The molecule has 4 nitrogen and oxygen atoms in total. The molecule has 2 heterocycles. The van der Waals surface area contributed by atoms with Crippen LogP contribution in [-0.2, 0) is 9.59 Å². The molecule has 114 valence electrons. The fourth-order valence-electron chi connectivity index (χ4n) is 2.31. The predicted octanol–water partition coefficient (Wildman–Crippen LogP) is 2.87. The van der Waals surface area contributed by atoms with Gasteiger partial charge in [-0.05, 0) is 24.3 Å². The molecule has 1 fully saturated rings. The van der Waals surface area contributed by atoms with Crippen molar-refractivity contribution in [3.05, 3.63) is 22.4 Å². The van der Waals surface area contributed by atoms with Gasteiger partial charge in [0.2, 0.25) is 5.91 Å². The Morgan fingerprint density at radius 3 is 3.00 bits per heavy atom. The number of carboxylic acids is 1. The average Bonchev–Trinajstić information content (AvgIpc) is 3.13. The fraction of sp³-hybridized carbons (Fsp3) is 0.500. The van der Waals surface area contributed by atoms with Crippen LogP contribution in [0.2, 0.25) is 0 Å². The highest BCUT2D eigenvalue weighted by Crippen LogP contribution is 2.24. The van der Waals surface area contributed by atoms with Crippen molar-refractivity contribution in [1.82, 2.24) is 4.90 Å². The van der Waals surface area contributed by atoms with Crippen molar-refractivity contribution >= 4 is 51.4 Å². The second kappa shape index (κ2) is 7.38. The van der Waals surface area contributed by atoms with Crippen molar-refractivity contribution in [2.24, 2.45) is 5.92 Å². The number of thioether (sulfide) groups is 1. The number of thiophene rings is 1. The van der Waals surface area contributed by atoms with Gasteiger partial charge < -0.3 is 10.0 Å². The Kier molecular flexibility index (Phi) is 5.78. The lowest BCUT2D eigenvalue weighted by Crippen LogP contribution is -2.43. The minimum Gasteiger partial charge on any atom is -0.480 e. The number of rotatable bonds is 5. The Labute approximate surface area is 137 Å². The van der Waals surface area contributed by atoms with E-state index >= 15 is 0 Å². The Morgan fingerprint density at radius 1 is 1.62 bits per heavy atom. The summed E-state index contributed by atoms with van der Waals surface area (Å²) in [6.45, 7) is 2.38. The summed E-state index contributed by atoms with van der Waals surface area (Å²) in [6, 6.07) is 3.26. The summed E-state index contributed by atoms with van der Waals surface area (Å²) in [7, 11) is 0. The van der Waals surface area contributed by atoms with Crippen molar-refractivity contribution in [1.29, 1.82) is 0 Å². The van der Waals surface area contributed by atoms with Crippen LogP contribution >= 0.6 is 35.3 Å². The summed E-state index contributed by atoms with van der Waals surface area (Å²) in [5.74, 6) is -0.637. The number of likely N-dealkylation sites (tertiary alicyclic amines) is 1. The van der Waals surface area contributed by atoms with Gasteiger partial charge in [-0.2, -0.15) is 0 Å². The number of carboxylic acid groups (broad SMARTS) is 1. The average molecular weight is 343 g/mol. The number of nitrogens with zero attached hydrogens (tertiary/aromatic N) is 1. The molecule has 1 amide bonds. The maximum atomic E-state index is 12.4. The summed E-state index contributed by atoms with van der Waals surface area (Å²) in [6.07, 6.45) is 1.31. The van der Waals surface area contributed by atoms with Crippen molar-refractivity contribution in [3.8, 4) is 0 Å². The van der Waals surface area contributed by atoms with E-state index < -0.39 is 12.0 Å². The van der Waals surface area contributed by atoms with Crippen LogP contribution in [0.15, 0.2) is 17.5 Å². The van der Waals surface area contributed by atoms with Gasteiger partial charge >= 0.3 is 5.97 Å². The number of thiocarbonyl (C=S) groups is 1. The molecule has 0 aromatic carbocycles. The molecule has 1 N–H and O–H groups in total. The number of carbonyl (C=O) groups is 2. The van der Waals surface area contributed by atoms with Gasteiger partial charge in [0.15, 0.2) is 0 Å². The quantitative estimate of drug-likeness (QED) is 0.833. The molecule has 1 aromatic rings. The van der Waals surface area contributed by atoms with Gasteiger partial charge in [0, 0.05) is 18.2 Å². The van der Waals surface area contributed by atoms with Gasteiger partial charge in [0.1, 0.15) is 6.04 Å². The van der Waals surface area contributed by atoms with Gasteiger partial charge in [0.25, 0.3) is 0 Å². The molecule has 1 aliphatic rings. The molecule has 2 atom stereocenters. The molecule has 0 spiro atoms. The number of hydrogen-bond donors (Lipinski definition) is 1. The second-order valence-electron chi connectivity index (χ2n) is 5.00. The smallest absolute Gasteiger partial charge is 0.326 e. The zero-order valence-corrected chi connectivity index (χ0v) is 14.1. The van der Waals surface area contributed by atoms with Crippen LogP contribution in [0.4, 0.5) is 0 Å². The normalized spacial score (nSPS) is 19.5. The van der Waals surface area contributed by atoms with Crippen molar-refractivity contribution < 1.29 is 14.7 Å². The van der Waals surface area contributed by atoms with Gasteiger partial charge in [-0.15, -0.1) is 23.1 Å². The molecule has 0 bridgehead atoms. The minimum atomic E-state index is -0.908. The largest absolute Gasteiger partial charge is 0.480 e. The molecule has 1 saturated heterocycles. The van der Waals surface area contributed by atoms with E-state index in [0.29, 0.717) is 18.7 Å². The third-order valence-electron chi connectivity index (χ3n) is 3.43. The van der Waals surface area contributed by atoms with E-state index in [0.717, 1.165) is 15.5 Å². The number of hydrogen-bond acceptors (Lipinski definition) is 5. The Morgan fingerprint density at radius 2 is 2.38 bits per heavy atom. The molecule has 0 saturated carbocycles.